The molecule has 220 valence electrons. The van der Waals surface area contributed by atoms with Crippen LogP contribution in [0.2, 0.25) is 0 Å². The van der Waals surface area contributed by atoms with Gasteiger partial charge in [-0.25, -0.2) is 13.2 Å². The minimum Gasteiger partial charge on any atom is -0.507 e. The van der Waals surface area contributed by atoms with E-state index in [-0.39, 0.29) is 28.0 Å². The van der Waals surface area contributed by atoms with Crippen LogP contribution in [-0.4, -0.2) is 13.5 Å². The Labute approximate surface area is 251 Å². The van der Waals surface area contributed by atoms with Gasteiger partial charge in [-0.15, -0.1) is 0 Å². The number of aromatic hydroxyl groups is 1. The van der Waals surface area contributed by atoms with Crippen LogP contribution in [0.15, 0.2) is 93.0 Å². The molecule has 4 aromatic rings. The number of nitrogens with one attached hydrogen (secondary N) is 1. The Morgan fingerprint density at radius 2 is 1.72 bits per heavy atom. The SMILES string of the molecule is N#Cc1ccc(S(=O)(=O)Nc2cccc([C@H](c3c(O)c4c(oc3=O)[C@@H](Cc3ccccc3)CCCCC4)C3CC3)c2)cc1. The van der Waals surface area contributed by atoms with Gasteiger partial charge in [0.25, 0.3) is 10.0 Å². The Balaban J connectivity index is 1.36. The fourth-order valence-electron chi connectivity index (χ4n) is 6.35. The molecule has 0 saturated heterocycles. The quantitative estimate of drug-likeness (QED) is 0.227. The van der Waals surface area contributed by atoms with Gasteiger partial charge in [0, 0.05) is 23.1 Å². The molecule has 2 N–H and O–H groups in total. The maximum atomic E-state index is 13.7. The summed E-state index contributed by atoms with van der Waals surface area (Å²) in [6.07, 6.45) is 7.07. The van der Waals surface area contributed by atoms with Crippen molar-refractivity contribution in [2.75, 3.05) is 4.72 Å². The molecular weight excluding hydrogens is 560 g/mol. The molecule has 7 nitrogen and oxygen atoms in total. The lowest BCUT2D eigenvalue weighted by Crippen LogP contribution is -2.21. The highest BCUT2D eigenvalue weighted by molar-refractivity contribution is 7.92. The summed E-state index contributed by atoms with van der Waals surface area (Å²) < 4.78 is 35.0. The zero-order valence-corrected chi connectivity index (χ0v) is 24.6. The van der Waals surface area contributed by atoms with Gasteiger partial charge in [0.1, 0.15) is 11.5 Å². The molecule has 2 aliphatic carbocycles. The first kappa shape index (κ1) is 28.8. The fourth-order valence-corrected chi connectivity index (χ4v) is 7.40. The van der Waals surface area contributed by atoms with Gasteiger partial charge in [-0.2, -0.15) is 5.26 Å². The van der Waals surface area contributed by atoms with Crippen molar-refractivity contribution in [3.05, 3.63) is 123 Å². The van der Waals surface area contributed by atoms with E-state index in [4.69, 9.17) is 9.68 Å². The molecule has 2 aliphatic rings. The molecule has 0 unspecified atom stereocenters. The van der Waals surface area contributed by atoms with Crippen LogP contribution in [0, 0.1) is 17.2 Å². The first-order valence-electron chi connectivity index (χ1n) is 14.9. The Hall–Kier alpha value is -4.35. The van der Waals surface area contributed by atoms with E-state index >= 15 is 0 Å². The monoisotopic (exact) mass is 594 g/mol. The number of nitriles is 1. The van der Waals surface area contributed by atoms with Gasteiger partial charge >= 0.3 is 5.63 Å². The molecule has 0 amide bonds. The molecule has 1 heterocycles. The Bertz CT molecular complexity index is 1820. The third-order valence-corrected chi connectivity index (χ3v) is 10.0. The van der Waals surface area contributed by atoms with Crippen molar-refractivity contribution < 1.29 is 17.9 Å². The fraction of sp³-hybridized carbons (Fsp3) is 0.314. The predicted octanol–water partition coefficient (Wildman–Crippen LogP) is 7.00. The number of hydrogen-bond donors (Lipinski definition) is 2. The molecule has 0 radical (unpaired) electrons. The summed E-state index contributed by atoms with van der Waals surface area (Å²) in [5.74, 6) is 0.370. The van der Waals surface area contributed by atoms with Crippen LogP contribution < -0.4 is 10.3 Å². The normalized spacial score (nSPS) is 17.6. The zero-order valence-electron chi connectivity index (χ0n) is 23.8. The molecule has 0 aliphatic heterocycles. The second-order valence-electron chi connectivity index (χ2n) is 11.7. The molecule has 43 heavy (non-hydrogen) atoms. The van der Waals surface area contributed by atoms with E-state index in [2.05, 4.69) is 16.9 Å². The van der Waals surface area contributed by atoms with Crippen LogP contribution in [0.4, 0.5) is 5.69 Å². The summed E-state index contributed by atoms with van der Waals surface area (Å²) >= 11 is 0. The average molecular weight is 595 g/mol. The van der Waals surface area contributed by atoms with Gasteiger partial charge in [-0.1, -0.05) is 55.3 Å². The van der Waals surface area contributed by atoms with Crippen LogP contribution in [0.1, 0.15) is 83.9 Å². The van der Waals surface area contributed by atoms with E-state index in [1.54, 1.807) is 18.2 Å². The van der Waals surface area contributed by atoms with Gasteiger partial charge in [0.05, 0.1) is 22.1 Å². The molecule has 0 bridgehead atoms. The summed E-state index contributed by atoms with van der Waals surface area (Å²) in [6, 6.07) is 24.9. The van der Waals surface area contributed by atoms with E-state index in [0.29, 0.717) is 23.4 Å². The number of sulfonamides is 1. The zero-order chi connectivity index (χ0) is 30.0. The first-order valence-corrected chi connectivity index (χ1v) is 16.4. The summed E-state index contributed by atoms with van der Waals surface area (Å²) in [7, 11) is -3.91. The van der Waals surface area contributed by atoms with E-state index in [1.807, 2.05) is 30.3 Å². The predicted molar refractivity (Wildman–Crippen MR) is 165 cm³/mol. The van der Waals surface area contributed by atoms with Crippen LogP contribution in [-0.2, 0) is 22.9 Å². The van der Waals surface area contributed by atoms with Gasteiger partial charge in [0.2, 0.25) is 0 Å². The first-order chi connectivity index (χ1) is 20.8. The number of benzene rings is 3. The van der Waals surface area contributed by atoms with Crippen LogP contribution in [0.5, 0.6) is 5.75 Å². The average Bonchev–Trinajstić information content (AvgIpc) is 3.84. The lowest BCUT2D eigenvalue weighted by atomic mass is 9.82. The van der Waals surface area contributed by atoms with Gasteiger partial charge in [-0.3, -0.25) is 4.72 Å². The second kappa shape index (κ2) is 12.1. The molecule has 2 atom stereocenters. The van der Waals surface area contributed by atoms with Crippen molar-refractivity contribution in [2.24, 2.45) is 5.92 Å². The number of rotatable bonds is 8. The molecule has 1 aromatic heterocycles. The minimum absolute atomic E-state index is 0.00434. The Kier molecular flexibility index (Phi) is 8.09. The second-order valence-corrected chi connectivity index (χ2v) is 13.3. The molecule has 0 spiro atoms. The topological polar surface area (TPSA) is 120 Å². The van der Waals surface area contributed by atoms with E-state index < -0.39 is 21.6 Å². The van der Waals surface area contributed by atoms with Gasteiger partial charge < -0.3 is 9.52 Å². The molecule has 1 saturated carbocycles. The number of hydrogen-bond acceptors (Lipinski definition) is 6. The van der Waals surface area contributed by atoms with Crippen molar-refractivity contribution in [3.8, 4) is 11.8 Å². The van der Waals surface area contributed by atoms with Gasteiger partial charge in [0.15, 0.2) is 0 Å². The van der Waals surface area contributed by atoms with Crippen molar-refractivity contribution >= 4 is 15.7 Å². The summed E-state index contributed by atoms with van der Waals surface area (Å²) in [6.45, 7) is 0. The van der Waals surface area contributed by atoms with Crippen LogP contribution >= 0.6 is 0 Å². The summed E-state index contributed by atoms with van der Waals surface area (Å²) in [5.41, 5.74) is 3.12. The lowest BCUT2D eigenvalue weighted by molar-refractivity contribution is 0.353. The molecule has 1 fully saturated rings. The third kappa shape index (κ3) is 6.23. The Morgan fingerprint density at radius 3 is 2.44 bits per heavy atom. The van der Waals surface area contributed by atoms with Crippen molar-refractivity contribution in [2.45, 2.75) is 68.1 Å². The molecule has 8 heteroatoms. The summed E-state index contributed by atoms with van der Waals surface area (Å²) in [5, 5.41) is 20.8. The maximum absolute atomic E-state index is 13.7. The highest BCUT2D eigenvalue weighted by atomic mass is 32.2. The molecular formula is C35H34N2O5S. The largest absolute Gasteiger partial charge is 0.507 e. The van der Waals surface area contributed by atoms with Crippen molar-refractivity contribution in [1.29, 1.82) is 5.26 Å². The van der Waals surface area contributed by atoms with E-state index in [0.717, 1.165) is 56.1 Å². The maximum Gasteiger partial charge on any atom is 0.343 e. The standard InChI is InChI=1S/C35H34N2O5S/c36-22-24-14-18-29(19-15-24)43(40,41)37-28-12-7-11-26(21-28)31(25-16-17-25)32-33(38)30-13-6-2-5-10-27(34(30)42-35(32)39)20-23-8-3-1-4-9-23/h1,3-4,7-9,11-12,14-15,18-19,21,25,27,31,37-38H,2,5-6,10,13,16-17,20H2/t27-,31-/m1/s1. The molecule has 6 rings (SSSR count). The smallest absolute Gasteiger partial charge is 0.343 e. The van der Waals surface area contributed by atoms with Crippen LogP contribution in [0.25, 0.3) is 0 Å². The van der Waals surface area contributed by atoms with E-state index in [9.17, 15) is 18.3 Å². The Morgan fingerprint density at radius 1 is 0.953 bits per heavy atom. The van der Waals surface area contributed by atoms with E-state index in [1.165, 1.54) is 29.8 Å². The highest BCUT2D eigenvalue weighted by Gasteiger charge is 2.39. The third-order valence-electron chi connectivity index (χ3n) is 8.63. The van der Waals surface area contributed by atoms with Crippen LogP contribution in [0.3, 0.4) is 0 Å². The highest BCUT2D eigenvalue weighted by Crippen LogP contribution is 2.49. The minimum atomic E-state index is -3.91. The van der Waals surface area contributed by atoms with Gasteiger partial charge in [-0.05, 0) is 92.0 Å². The number of nitrogens with zero attached hydrogens (tertiary/aromatic N) is 1. The van der Waals surface area contributed by atoms with Crippen molar-refractivity contribution in [3.63, 3.8) is 0 Å². The summed E-state index contributed by atoms with van der Waals surface area (Å²) in [4.78, 5) is 13.8. The van der Waals surface area contributed by atoms with Crippen molar-refractivity contribution in [1.82, 2.24) is 0 Å². The number of fused-ring (bicyclic) bond motifs is 1. The lowest BCUT2D eigenvalue weighted by Gasteiger charge is -2.25. The molecule has 3 aromatic carbocycles. The number of anilines is 1.